The van der Waals surface area contributed by atoms with Crippen LogP contribution in [0.25, 0.3) is 0 Å². The van der Waals surface area contributed by atoms with Gasteiger partial charge in [0.25, 0.3) is 5.91 Å². The quantitative estimate of drug-likeness (QED) is 0.568. The standard InChI is InChI=1S/C14H14N4O5/c1-15-11(20)8-3-5-9(6-4-8)16-10(19)7-18-13(22)12(21)17(2)14(18)23/h3-6H,7H2,1-2H3,(H,15,20)(H,16,19). The lowest BCUT2D eigenvalue weighted by atomic mass is 10.2. The van der Waals surface area contributed by atoms with Crippen LogP contribution >= 0.6 is 0 Å². The molecule has 0 atom stereocenters. The second kappa shape index (κ2) is 6.26. The van der Waals surface area contributed by atoms with Crippen LogP contribution in [0, 0.1) is 0 Å². The van der Waals surface area contributed by atoms with Gasteiger partial charge in [-0.05, 0) is 24.3 Å². The first kappa shape index (κ1) is 16.1. The number of carbonyl (C=O) groups excluding carboxylic acids is 5. The molecule has 23 heavy (non-hydrogen) atoms. The van der Waals surface area contributed by atoms with Crippen LogP contribution in [0.15, 0.2) is 24.3 Å². The van der Waals surface area contributed by atoms with E-state index in [9.17, 15) is 24.0 Å². The molecule has 0 unspecified atom stereocenters. The number of urea groups is 1. The summed E-state index contributed by atoms with van der Waals surface area (Å²) in [4.78, 5) is 59.0. The average Bonchev–Trinajstić information content (AvgIpc) is 2.72. The van der Waals surface area contributed by atoms with Crippen LogP contribution in [-0.4, -0.2) is 60.1 Å². The van der Waals surface area contributed by atoms with Crippen molar-refractivity contribution in [3.63, 3.8) is 0 Å². The zero-order chi connectivity index (χ0) is 17.1. The van der Waals surface area contributed by atoms with Crippen molar-refractivity contribution >= 4 is 35.3 Å². The Morgan fingerprint density at radius 3 is 2.13 bits per heavy atom. The van der Waals surface area contributed by atoms with Crippen molar-refractivity contribution < 1.29 is 24.0 Å². The third-order valence-corrected chi connectivity index (χ3v) is 3.21. The van der Waals surface area contributed by atoms with Crippen LogP contribution in [0.2, 0.25) is 0 Å². The van der Waals surface area contributed by atoms with Crippen molar-refractivity contribution in [3.8, 4) is 0 Å². The van der Waals surface area contributed by atoms with Gasteiger partial charge in [-0.15, -0.1) is 0 Å². The fourth-order valence-electron chi connectivity index (χ4n) is 1.95. The van der Waals surface area contributed by atoms with Crippen LogP contribution in [0.5, 0.6) is 0 Å². The van der Waals surface area contributed by atoms with Crippen LogP contribution in [0.1, 0.15) is 10.4 Å². The van der Waals surface area contributed by atoms with Crippen LogP contribution < -0.4 is 10.6 Å². The molecule has 1 heterocycles. The molecule has 0 aromatic heterocycles. The van der Waals surface area contributed by atoms with E-state index in [0.717, 1.165) is 7.05 Å². The molecular formula is C14H14N4O5. The van der Waals surface area contributed by atoms with Gasteiger partial charge in [0.2, 0.25) is 5.91 Å². The van der Waals surface area contributed by atoms with Gasteiger partial charge in [-0.1, -0.05) is 0 Å². The maximum Gasteiger partial charge on any atom is 0.334 e. The molecule has 0 aliphatic carbocycles. The van der Waals surface area contributed by atoms with Crippen molar-refractivity contribution in [1.82, 2.24) is 15.1 Å². The Morgan fingerprint density at radius 1 is 1.04 bits per heavy atom. The van der Waals surface area contributed by atoms with Crippen LogP contribution in [0.4, 0.5) is 10.5 Å². The van der Waals surface area contributed by atoms with Gasteiger partial charge >= 0.3 is 17.8 Å². The summed E-state index contributed by atoms with van der Waals surface area (Å²) in [6.45, 7) is -0.565. The van der Waals surface area contributed by atoms with E-state index in [0.29, 0.717) is 21.1 Å². The Balaban J connectivity index is 2.00. The Labute approximate surface area is 131 Å². The molecule has 2 rings (SSSR count). The molecule has 0 radical (unpaired) electrons. The number of anilines is 1. The first-order valence-electron chi connectivity index (χ1n) is 6.60. The molecular weight excluding hydrogens is 304 g/mol. The lowest BCUT2D eigenvalue weighted by Gasteiger charge is -2.12. The first-order valence-corrected chi connectivity index (χ1v) is 6.60. The average molecular weight is 318 g/mol. The van der Waals surface area contributed by atoms with Gasteiger partial charge in [0.15, 0.2) is 0 Å². The molecule has 1 aromatic carbocycles. The highest BCUT2D eigenvalue weighted by Crippen LogP contribution is 2.12. The van der Waals surface area contributed by atoms with Gasteiger partial charge in [0.05, 0.1) is 0 Å². The summed E-state index contributed by atoms with van der Waals surface area (Å²) in [6, 6.07) is 5.20. The third kappa shape index (κ3) is 3.18. The van der Waals surface area contributed by atoms with Gasteiger partial charge in [0.1, 0.15) is 6.54 Å². The van der Waals surface area contributed by atoms with E-state index < -0.39 is 30.3 Å². The summed E-state index contributed by atoms with van der Waals surface area (Å²) in [5.74, 6) is -2.92. The number of likely N-dealkylation sites (N-methyl/N-ethyl adjacent to an activating group) is 1. The van der Waals surface area contributed by atoms with Crippen molar-refractivity contribution in [3.05, 3.63) is 29.8 Å². The number of amides is 6. The molecule has 1 saturated heterocycles. The minimum absolute atomic E-state index is 0.266. The van der Waals surface area contributed by atoms with E-state index >= 15 is 0 Å². The van der Waals surface area contributed by atoms with E-state index in [-0.39, 0.29) is 5.91 Å². The third-order valence-electron chi connectivity index (χ3n) is 3.21. The summed E-state index contributed by atoms with van der Waals surface area (Å²) in [7, 11) is 2.67. The Bertz CT molecular complexity index is 698. The summed E-state index contributed by atoms with van der Waals surface area (Å²) in [6.07, 6.45) is 0. The zero-order valence-electron chi connectivity index (χ0n) is 12.5. The Morgan fingerprint density at radius 2 is 1.65 bits per heavy atom. The smallest absolute Gasteiger partial charge is 0.334 e. The maximum atomic E-state index is 11.9. The first-order chi connectivity index (χ1) is 10.8. The molecule has 0 bridgehead atoms. The summed E-state index contributed by atoms with van der Waals surface area (Å²) in [5, 5.41) is 4.94. The predicted molar refractivity (Wildman–Crippen MR) is 78.3 cm³/mol. The molecule has 120 valence electrons. The lowest BCUT2D eigenvalue weighted by Crippen LogP contribution is -2.38. The van der Waals surface area contributed by atoms with E-state index in [2.05, 4.69) is 10.6 Å². The summed E-state index contributed by atoms with van der Waals surface area (Å²) < 4.78 is 0. The van der Waals surface area contributed by atoms with Crippen LogP contribution in [0.3, 0.4) is 0 Å². The topological polar surface area (TPSA) is 116 Å². The number of hydrogen-bond acceptors (Lipinski definition) is 5. The number of hydrogen-bond donors (Lipinski definition) is 2. The number of nitrogens with one attached hydrogen (secondary N) is 2. The van der Waals surface area contributed by atoms with Gasteiger partial charge < -0.3 is 10.6 Å². The van der Waals surface area contributed by atoms with Gasteiger partial charge in [-0.3, -0.25) is 24.1 Å². The van der Waals surface area contributed by atoms with Gasteiger partial charge in [-0.25, -0.2) is 9.69 Å². The largest absolute Gasteiger partial charge is 0.355 e. The Hall–Kier alpha value is -3.23. The molecule has 1 aromatic rings. The highest BCUT2D eigenvalue weighted by atomic mass is 16.2. The maximum absolute atomic E-state index is 11.9. The Kier molecular flexibility index (Phi) is 4.39. The van der Waals surface area contributed by atoms with Crippen molar-refractivity contribution in [2.45, 2.75) is 0 Å². The molecule has 9 nitrogen and oxygen atoms in total. The fraction of sp³-hybridized carbons (Fsp3) is 0.214. The lowest BCUT2D eigenvalue weighted by molar-refractivity contribution is -0.143. The highest BCUT2D eigenvalue weighted by Gasteiger charge is 2.42. The van der Waals surface area contributed by atoms with E-state index in [1.165, 1.54) is 31.3 Å². The van der Waals surface area contributed by atoms with E-state index in [1.807, 2.05) is 0 Å². The molecule has 6 amide bonds. The molecule has 1 fully saturated rings. The molecule has 0 saturated carbocycles. The molecule has 9 heteroatoms. The SMILES string of the molecule is CNC(=O)c1ccc(NC(=O)CN2C(=O)C(=O)N(C)C2=O)cc1. The van der Waals surface area contributed by atoms with Crippen molar-refractivity contribution in [2.75, 3.05) is 26.0 Å². The molecule has 2 N–H and O–H groups in total. The molecule has 1 aliphatic rings. The van der Waals surface area contributed by atoms with E-state index in [1.54, 1.807) is 0 Å². The van der Waals surface area contributed by atoms with Gasteiger partial charge in [0, 0.05) is 25.3 Å². The number of nitrogens with zero attached hydrogens (tertiary/aromatic N) is 2. The fourth-order valence-corrected chi connectivity index (χ4v) is 1.95. The second-order valence-corrected chi connectivity index (χ2v) is 4.74. The predicted octanol–water partition coefficient (Wildman–Crippen LogP) is -0.595. The van der Waals surface area contributed by atoms with Crippen molar-refractivity contribution in [2.24, 2.45) is 0 Å². The van der Waals surface area contributed by atoms with Gasteiger partial charge in [-0.2, -0.15) is 0 Å². The normalized spacial score (nSPS) is 14.3. The highest BCUT2D eigenvalue weighted by molar-refractivity contribution is 6.44. The minimum Gasteiger partial charge on any atom is -0.355 e. The number of carbonyl (C=O) groups is 5. The minimum atomic E-state index is -1.04. The van der Waals surface area contributed by atoms with Crippen molar-refractivity contribution in [1.29, 1.82) is 0 Å². The summed E-state index contributed by atoms with van der Waals surface area (Å²) >= 11 is 0. The van der Waals surface area contributed by atoms with E-state index in [4.69, 9.17) is 0 Å². The second-order valence-electron chi connectivity index (χ2n) is 4.74. The van der Waals surface area contributed by atoms with Crippen LogP contribution in [-0.2, 0) is 14.4 Å². The number of benzene rings is 1. The number of rotatable bonds is 4. The number of imide groups is 2. The molecule has 0 spiro atoms. The monoisotopic (exact) mass is 318 g/mol. The molecule has 1 aliphatic heterocycles. The zero-order valence-corrected chi connectivity index (χ0v) is 12.5. The summed E-state index contributed by atoms with van der Waals surface area (Å²) in [5.41, 5.74) is 0.809.